The van der Waals surface area contributed by atoms with Crippen molar-refractivity contribution in [2.45, 2.75) is 24.9 Å². The lowest BCUT2D eigenvalue weighted by molar-refractivity contribution is -0.0936. The summed E-state index contributed by atoms with van der Waals surface area (Å²) < 4.78 is 17.2. The van der Waals surface area contributed by atoms with Gasteiger partial charge in [-0.1, -0.05) is 0 Å². The van der Waals surface area contributed by atoms with E-state index in [2.05, 4.69) is 12.1 Å². The fourth-order valence-electron chi connectivity index (χ4n) is 4.04. The molecule has 5 nitrogen and oxygen atoms in total. The molecule has 1 amide bonds. The first-order valence-electron chi connectivity index (χ1n) is 8.88. The summed E-state index contributed by atoms with van der Waals surface area (Å²) in [6.07, 6.45) is 2.46. The Bertz CT molecular complexity index is 794. The van der Waals surface area contributed by atoms with Crippen LogP contribution < -0.4 is 9.47 Å². The molecule has 0 saturated carbocycles. The Balaban J connectivity index is 1.59. The van der Waals surface area contributed by atoms with E-state index in [4.69, 9.17) is 14.2 Å². The number of thiophene rings is 1. The molecule has 0 aliphatic carbocycles. The zero-order valence-corrected chi connectivity index (χ0v) is 15.9. The molecule has 2 aliphatic rings. The van der Waals surface area contributed by atoms with Crippen LogP contribution in [0.2, 0.25) is 0 Å². The lowest BCUT2D eigenvalue weighted by Crippen LogP contribution is -2.48. The first-order valence-corrected chi connectivity index (χ1v) is 9.82. The third-order valence-electron chi connectivity index (χ3n) is 5.48. The Morgan fingerprint density at radius 2 is 1.92 bits per heavy atom. The van der Waals surface area contributed by atoms with Crippen LogP contribution in [0.5, 0.6) is 11.5 Å². The van der Waals surface area contributed by atoms with Crippen LogP contribution in [0, 0.1) is 0 Å². The molecule has 1 spiro atoms. The van der Waals surface area contributed by atoms with Crippen LogP contribution in [0.1, 0.15) is 34.3 Å². The lowest BCUT2D eigenvalue weighted by Gasteiger charge is -2.45. The maximum atomic E-state index is 12.6. The molecule has 0 atom stereocenters. The van der Waals surface area contributed by atoms with E-state index >= 15 is 0 Å². The van der Waals surface area contributed by atoms with Gasteiger partial charge in [-0.15, -0.1) is 0 Å². The van der Waals surface area contributed by atoms with Crippen molar-refractivity contribution < 1.29 is 19.0 Å². The maximum Gasteiger partial charge on any atom is 0.254 e. The van der Waals surface area contributed by atoms with Crippen molar-refractivity contribution in [1.82, 2.24) is 4.90 Å². The molecule has 1 aromatic carbocycles. The van der Waals surface area contributed by atoms with Gasteiger partial charge in [0.15, 0.2) is 11.5 Å². The molecule has 0 N–H and O–H groups in total. The van der Waals surface area contributed by atoms with Crippen molar-refractivity contribution in [2.75, 3.05) is 33.9 Å². The Hall–Kier alpha value is -2.05. The van der Waals surface area contributed by atoms with Crippen LogP contribution >= 0.6 is 11.3 Å². The van der Waals surface area contributed by atoms with Gasteiger partial charge in [0.1, 0.15) is 0 Å². The zero-order chi connectivity index (χ0) is 18.1. The Morgan fingerprint density at radius 1 is 1.19 bits per heavy atom. The first kappa shape index (κ1) is 17.4. The smallest absolute Gasteiger partial charge is 0.254 e. The number of benzene rings is 1. The molecule has 138 valence electrons. The number of amides is 1. The number of likely N-dealkylation sites (tertiary alicyclic amines) is 1. The van der Waals surface area contributed by atoms with E-state index in [9.17, 15) is 4.79 Å². The highest BCUT2D eigenvalue weighted by Crippen LogP contribution is 2.45. The lowest BCUT2D eigenvalue weighted by atomic mass is 9.79. The second-order valence-electron chi connectivity index (χ2n) is 6.76. The minimum atomic E-state index is -0.335. The second kappa shape index (κ2) is 6.93. The molecule has 1 saturated heterocycles. The molecule has 2 aliphatic heterocycles. The summed E-state index contributed by atoms with van der Waals surface area (Å²) in [5.41, 5.74) is 2.89. The number of hydrogen-bond acceptors (Lipinski definition) is 5. The number of carbonyl (C=O) groups excluding carboxylic acids is 1. The molecule has 1 fully saturated rings. The van der Waals surface area contributed by atoms with E-state index < -0.39 is 0 Å². The summed E-state index contributed by atoms with van der Waals surface area (Å²) in [5, 5.41) is 3.86. The maximum absolute atomic E-state index is 12.6. The van der Waals surface area contributed by atoms with Gasteiger partial charge >= 0.3 is 0 Å². The van der Waals surface area contributed by atoms with Crippen molar-refractivity contribution in [1.29, 1.82) is 0 Å². The van der Waals surface area contributed by atoms with E-state index in [1.165, 1.54) is 11.1 Å². The quantitative estimate of drug-likeness (QED) is 0.827. The number of nitrogens with zero attached hydrogens (tertiary/aromatic N) is 1. The van der Waals surface area contributed by atoms with Crippen molar-refractivity contribution in [3.05, 3.63) is 45.6 Å². The highest BCUT2D eigenvalue weighted by atomic mass is 32.1. The molecular weight excluding hydrogens is 350 g/mol. The zero-order valence-electron chi connectivity index (χ0n) is 15.1. The summed E-state index contributed by atoms with van der Waals surface area (Å²) >= 11 is 1.55. The summed E-state index contributed by atoms with van der Waals surface area (Å²) in [6.45, 7) is 2.09. The van der Waals surface area contributed by atoms with E-state index in [0.29, 0.717) is 19.7 Å². The monoisotopic (exact) mass is 373 g/mol. The molecule has 0 unspecified atom stereocenters. The predicted molar refractivity (Wildman–Crippen MR) is 100 cm³/mol. The van der Waals surface area contributed by atoms with Gasteiger partial charge in [-0.2, -0.15) is 11.3 Å². The van der Waals surface area contributed by atoms with Gasteiger partial charge in [0.2, 0.25) is 0 Å². The Kier molecular flexibility index (Phi) is 4.63. The molecular formula is C20H23NO4S. The van der Waals surface area contributed by atoms with E-state index in [-0.39, 0.29) is 11.5 Å². The molecule has 1 aromatic heterocycles. The number of methoxy groups -OCH3 is 2. The molecule has 26 heavy (non-hydrogen) atoms. The number of ether oxygens (including phenoxy) is 3. The van der Waals surface area contributed by atoms with Crippen molar-refractivity contribution in [3.63, 3.8) is 0 Å². The topological polar surface area (TPSA) is 48.0 Å². The predicted octanol–water partition coefficient (Wildman–Crippen LogP) is 3.47. The van der Waals surface area contributed by atoms with Gasteiger partial charge in [0.05, 0.1) is 32.0 Å². The van der Waals surface area contributed by atoms with Crippen molar-refractivity contribution >= 4 is 17.2 Å². The second-order valence-corrected chi connectivity index (χ2v) is 7.54. The summed E-state index contributed by atoms with van der Waals surface area (Å²) in [5.74, 6) is 1.60. The minimum Gasteiger partial charge on any atom is -0.493 e. The number of rotatable bonds is 3. The number of piperidine rings is 1. The van der Waals surface area contributed by atoms with Crippen molar-refractivity contribution in [2.24, 2.45) is 0 Å². The Labute approximate surface area is 157 Å². The van der Waals surface area contributed by atoms with Gasteiger partial charge in [0.25, 0.3) is 5.91 Å². The third-order valence-corrected chi connectivity index (χ3v) is 6.16. The van der Waals surface area contributed by atoms with E-state index in [0.717, 1.165) is 36.3 Å². The third kappa shape index (κ3) is 2.87. The van der Waals surface area contributed by atoms with E-state index in [1.807, 2.05) is 21.7 Å². The summed E-state index contributed by atoms with van der Waals surface area (Å²) in [6, 6.07) is 6.02. The Morgan fingerprint density at radius 3 is 2.58 bits per heavy atom. The normalized spacial score (nSPS) is 18.5. The van der Waals surface area contributed by atoms with Gasteiger partial charge < -0.3 is 19.1 Å². The number of fused-ring (bicyclic) bond motifs is 2. The van der Waals surface area contributed by atoms with Crippen LogP contribution in [0.4, 0.5) is 0 Å². The molecule has 0 bridgehead atoms. The largest absolute Gasteiger partial charge is 0.493 e. The number of hydrogen-bond donors (Lipinski definition) is 0. The van der Waals surface area contributed by atoms with Crippen LogP contribution in [-0.4, -0.2) is 44.7 Å². The average Bonchev–Trinajstić information content (AvgIpc) is 3.22. The molecule has 2 aromatic rings. The summed E-state index contributed by atoms with van der Waals surface area (Å²) in [7, 11) is 3.32. The highest BCUT2D eigenvalue weighted by molar-refractivity contribution is 7.08. The number of carbonyl (C=O) groups is 1. The standard InChI is InChI=1S/C20H23NO4S/c1-23-17-11-14-3-9-25-20(16(14)12-18(17)24-2)5-7-21(8-6-20)19(22)15-4-10-26-13-15/h4,10-13H,3,5-9H2,1-2H3. The van der Waals surface area contributed by atoms with Crippen molar-refractivity contribution in [3.8, 4) is 11.5 Å². The fourth-order valence-corrected chi connectivity index (χ4v) is 4.67. The van der Waals surface area contributed by atoms with Gasteiger partial charge in [-0.05, 0) is 54.0 Å². The first-order chi connectivity index (χ1) is 12.7. The van der Waals surface area contributed by atoms with Crippen LogP contribution in [0.15, 0.2) is 29.0 Å². The molecule has 4 rings (SSSR count). The van der Waals surface area contributed by atoms with Gasteiger partial charge in [-0.25, -0.2) is 0 Å². The minimum absolute atomic E-state index is 0.115. The molecule has 3 heterocycles. The average molecular weight is 373 g/mol. The van der Waals surface area contributed by atoms with Gasteiger partial charge in [-0.3, -0.25) is 4.79 Å². The van der Waals surface area contributed by atoms with Crippen LogP contribution in [0.25, 0.3) is 0 Å². The summed E-state index contributed by atoms with van der Waals surface area (Å²) in [4.78, 5) is 14.6. The highest BCUT2D eigenvalue weighted by Gasteiger charge is 2.42. The van der Waals surface area contributed by atoms with Crippen LogP contribution in [0.3, 0.4) is 0 Å². The molecule has 0 radical (unpaired) electrons. The fraction of sp³-hybridized carbons (Fsp3) is 0.450. The van der Waals surface area contributed by atoms with E-state index in [1.54, 1.807) is 25.6 Å². The molecule has 6 heteroatoms. The van der Waals surface area contributed by atoms with Gasteiger partial charge in [0, 0.05) is 18.5 Å². The van der Waals surface area contributed by atoms with Crippen LogP contribution in [-0.2, 0) is 16.8 Å². The SMILES string of the molecule is COc1cc2c(cc1OC)C1(CCN(C(=O)c3ccsc3)CC1)OCC2.